The van der Waals surface area contributed by atoms with Crippen molar-refractivity contribution in [3.05, 3.63) is 28.8 Å². The second kappa shape index (κ2) is 5.97. The highest BCUT2D eigenvalue weighted by molar-refractivity contribution is 6.30. The zero-order valence-corrected chi connectivity index (χ0v) is 9.38. The van der Waals surface area contributed by atoms with Crippen molar-refractivity contribution in [3.63, 3.8) is 0 Å². The van der Waals surface area contributed by atoms with Gasteiger partial charge in [-0.2, -0.15) is 0 Å². The molecule has 0 radical (unpaired) electrons. The number of ether oxygens (including phenoxy) is 1. The van der Waals surface area contributed by atoms with E-state index in [4.69, 9.17) is 16.3 Å². The summed E-state index contributed by atoms with van der Waals surface area (Å²) in [5, 5.41) is 0.608. The van der Waals surface area contributed by atoms with Crippen molar-refractivity contribution in [2.75, 3.05) is 6.61 Å². The lowest BCUT2D eigenvalue weighted by atomic mass is 10.2. The molecule has 0 aliphatic rings. The van der Waals surface area contributed by atoms with E-state index in [1.807, 2.05) is 12.3 Å². The van der Waals surface area contributed by atoms with E-state index in [0.29, 0.717) is 17.2 Å². The number of nitrogens with one attached hydrogen (secondary N) is 2. The van der Waals surface area contributed by atoms with Gasteiger partial charge in [0, 0.05) is 5.02 Å². The molecule has 0 saturated heterocycles. The number of hydrazine groups is 1. The molecule has 5 nitrogen and oxygen atoms in total. The number of carbonyl (C=O) groups is 2. The van der Waals surface area contributed by atoms with E-state index in [1.54, 1.807) is 18.2 Å². The Morgan fingerprint density at radius 1 is 1.56 bits per heavy atom. The third-order valence-electron chi connectivity index (χ3n) is 1.77. The maximum absolute atomic E-state index is 11.1. The molecule has 2 amide bonds. The van der Waals surface area contributed by atoms with Crippen LogP contribution < -0.4 is 15.6 Å². The van der Waals surface area contributed by atoms with Gasteiger partial charge in [-0.05, 0) is 30.7 Å². The number of halogens is 1. The molecule has 0 spiro atoms. The van der Waals surface area contributed by atoms with Crippen LogP contribution >= 0.6 is 11.6 Å². The van der Waals surface area contributed by atoms with Gasteiger partial charge in [-0.3, -0.25) is 20.4 Å². The molecule has 0 heterocycles. The average Bonchev–Trinajstić information content (AvgIpc) is 2.25. The van der Waals surface area contributed by atoms with Crippen LogP contribution in [0.15, 0.2) is 18.2 Å². The molecule has 0 fully saturated rings. The predicted molar refractivity (Wildman–Crippen MR) is 59.0 cm³/mol. The maximum atomic E-state index is 11.1. The molecule has 0 aliphatic carbocycles. The molecule has 2 N–H and O–H groups in total. The Morgan fingerprint density at radius 2 is 2.31 bits per heavy atom. The maximum Gasteiger partial charge on any atom is 0.276 e. The molecule has 86 valence electrons. The Kier molecular flexibility index (Phi) is 4.60. The Labute approximate surface area is 97.7 Å². The Balaban J connectivity index is 2.48. The first-order valence-electron chi connectivity index (χ1n) is 4.50. The molecule has 0 bridgehead atoms. The van der Waals surface area contributed by atoms with Gasteiger partial charge in [-0.25, -0.2) is 0 Å². The first-order chi connectivity index (χ1) is 7.63. The molecule has 6 heteroatoms. The number of amides is 2. The van der Waals surface area contributed by atoms with Crippen LogP contribution in [0.4, 0.5) is 0 Å². The van der Waals surface area contributed by atoms with Crippen LogP contribution in [0.25, 0.3) is 0 Å². The average molecular weight is 243 g/mol. The summed E-state index contributed by atoms with van der Waals surface area (Å²) in [6.45, 7) is 1.64. The van der Waals surface area contributed by atoms with Crippen molar-refractivity contribution in [2.45, 2.75) is 6.92 Å². The highest BCUT2D eigenvalue weighted by Gasteiger charge is 2.04. The molecule has 1 aromatic carbocycles. The Hall–Kier alpha value is -1.75. The van der Waals surface area contributed by atoms with E-state index in [0.717, 1.165) is 5.56 Å². The van der Waals surface area contributed by atoms with E-state index in [9.17, 15) is 9.59 Å². The van der Waals surface area contributed by atoms with Gasteiger partial charge < -0.3 is 4.74 Å². The lowest BCUT2D eigenvalue weighted by Crippen LogP contribution is -2.39. The zero-order valence-electron chi connectivity index (χ0n) is 8.62. The van der Waals surface area contributed by atoms with Gasteiger partial charge in [0.15, 0.2) is 6.61 Å². The number of rotatable bonds is 5. The molecule has 0 aromatic heterocycles. The molecule has 0 unspecified atom stereocenters. The van der Waals surface area contributed by atoms with Crippen molar-refractivity contribution in [2.24, 2.45) is 0 Å². The summed E-state index contributed by atoms with van der Waals surface area (Å²) in [6.07, 6.45) is 0.367. The van der Waals surface area contributed by atoms with Crippen LogP contribution in [0.5, 0.6) is 5.75 Å². The number of benzene rings is 1. The van der Waals surface area contributed by atoms with Gasteiger partial charge >= 0.3 is 0 Å². The van der Waals surface area contributed by atoms with Gasteiger partial charge in [0.05, 0.1) is 0 Å². The number of aryl methyl sites for hydroxylation is 1. The predicted octanol–water partition coefficient (Wildman–Crippen LogP) is 0.804. The van der Waals surface area contributed by atoms with Crippen LogP contribution in [0.3, 0.4) is 0 Å². The lowest BCUT2D eigenvalue weighted by Gasteiger charge is -2.08. The lowest BCUT2D eigenvalue weighted by molar-refractivity contribution is -0.126. The fourth-order valence-corrected chi connectivity index (χ4v) is 1.29. The molecule has 0 atom stereocenters. The molecule has 1 aromatic rings. The SMILES string of the molecule is Cc1cc(Cl)ccc1OCC(=O)NNC=O. The molecule has 0 saturated carbocycles. The second-order valence-corrected chi connectivity index (χ2v) is 3.45. The summed E-state index contributed by atoms with van der Waals surface area (Å²) in [6, 6.07) is 5.09. The van der Waals surface area contributed by atoms with Gasteiger partial charge in [0.1, 0.15) is 5.75 Å². The van der Waals surface area contributed by atoms with E-state index < -0.39 is 5.91 Å². The highest BCUT2D eigenvalue weighted by atomic mass is 35.5. The minimum Gasteiger partial charge on any atom is -0.483 e. The largest absolute Gasteiger partial charge is 0.483 e. The topological polar surface area (TPSA) is 67.4 Å². The summed E-state index contributed by atoms with van der Waals surface area (Å²) in [5.74, 6) is 0.132. The number of hydrogen-bond donors (Lipinski definition) is 2. The molecular weight excluding hydrogens is 232 g/mol. The summed E-state index contributed by atoms with van der Waals surface area (Å²) < 4.78 is 5.22. The Bertz CT molecular complexity index is 396. The molecule has 1 rings (SSSR count). The summed E-state index contributed by atoms with van der Waals surface area (Å²) in [5.41, 5.74) is 4.99. The summed E-state index contributed by atoms with van der Waals surface area (Å²) in [4.78, 5) is 21.0. The van der Waals surface area contributed by atoms with Crippen LogP contribution in [-0.4, -0.2) is 18.9 Å². The standard InChI is InChI=1S/C10H11ClN2O3/c1-7-4-8(11)2-3-9(7)16-5-10(15)13-12-6-14/h2-4,6H,5H2,1H3,(H,12,14)(H,13,15). The van der Waals surface area contributed by atoms with Crippen molar-refractivity contribution < 1.29 is 14.3 Å². The summed E-state index contributed by atoms with van der Waals surface area (Å²) >= 11 is 5.76. The van der Waals surface area contributed by atoms with E-state index >= 15 is 0 Å². The minimum absolute atomic E-state index is 0.177. The fraction of sp³-hybridized carbons (Fsp3) is 0.200. The second-order valence-electron chi connectivity index (χ2n) is 3.01. The first-order valence-corrected chi connectivity index (χ1v) is 4.88. The number of carbonyl (C=O) groups excluding carboxylic acids is 2. The third kappa shape index (κ3) is 3.78. The van der Waals surface area contributed by atoms with Gasteiger partial charge in [0.2, 0.25) is 6.41 Å². The van der Waals surface area contributed by atoms with Crippen molar-refractivity contribution >= 4 is 23.9 Å². The molecule has 0 aliphatic heterocycles. The van der Waals surface area contributed by atoms with Crippen molar-refractivity contribution in [1.29, 1.82) is 0 Å². The van der Waals surface area contributed by atoms with Crippen LogP contribution in [-0.2, 0) is 9.59 Å². The first kappa shape index (κ1) is 12.3. The molecular formula is C10H11ClN2O3. The smallest absolute Gasteiger partial charge is 0.276 e. The van der Waals surface area contributed by atoms with Gasteiger partial charge in [-0.1, -0.05) is 11.6 Å². The quantitative estimate of drug-likeness (QED) is 0.593. The monoisotopic (exact) mass is 242 g/mol. The van der Waals surface area contributed by atoms with Crippen LogP contribution in [0.2, 0.25) is 5.02 Å². The van der Waals surface area contributed by atoms with Crippen LogP contribution in [0, 0.1) is 6.92 Å². The Morgan fingerprint density at radius 3 is 2.94 bits per heavy atom. The van der Waals surface area contributed by atoms with E-state index in [2.05, 4.69) is 5.43 Å². The van der Waals surface area contributed by atoms with Crippen LogP contribution in [0.1, 0.15) is 5.56 Å². The van der Waals surface area contributed by atoms with E-state index in [1.165, 1.54) is 0 Å². The van der Waals surface area contributed by atoms with Gasteiger partial charge in [0.25, 0.3) is 5.91 Å². The fourth-order valence-electron chi connectivity index (χ4n) is 1.06. The normalized spacial score (nSPS) is 9.38. The van der Waals surface area contributed by atoms with Crippen molar-refractivity contribution in [1.82, 2.24) is 10.9 Å². The number of hydrogen-bond acceptors (Lipinski definition) is 3. The van der Waals surface area contributed by atoms with Crippen molar-refractivity contribution in [3.8, 4) is 5.75 Å². The third-order valence-corrected chi connectivity index (χ3v) is 2.00. The highest BCUT2D eigenvalue weighted by Crippen LogP contribution is 2.21. The van der Waals surface area contributed by atoms with E-state index in [-0.39, 0.29) is 6.61 Å². The molecule has 16 heavy (non-hydrogen) atoms. The van der Waals surface area contributed by atoms with Gasteiger partial charge in [-0.15, -0.1) is 0 Å². The minimum atomic E-state index is -0.443. The summed E-state index contributed by atoms with van der Waals surface area (Å²) in [7, 11) is 0. The zero-order chi connectivity index (χ0) is 12.0.